The molecule has 8 heteroatoms. The van der Waals surface area contributed by atoms with Crippen LogP contribution >= 0.6 is 0 Å². The molecule has 33 heavy (non-hydrogen) atoms. The van der Waals surface area contributed by atoms with Crippen LogP contribution in [0, 0.1) is 5.82 Å². The monoisotopic (exact) mass is 448 g/mol. The van der Waals surface area contributed by atoms with Crippen molar-refractivity contribution < 1.29 is 28.2 Å². The molecule has 0 bridgehead atoms. The van der Waals surface area contributed by atoms with Gasteiger partial charge in [-0.1, -0.05) is 12.1 Å². The topological polar surface area (TPSA) is 77.1 Å². The molecule has 7 nitrogen and oxygen atoms in total. The number of rotatable bonds is 7. The SMILES string of the molecule is COc1ccc(N2C(=O)C(Nc3ccc(OC)cc3OC)=C(c3ccc(F)cc3)C2=O)cc1. The molecule has 168 valence electrons. The summed E-state index contributed by atoms with van der Waals surface area (Å²) in [6.07, 6.45) is 0. The highest BCUT2D eigenvalue weighted by Gasteiger charge is 2.40. The number of anilines is 2. The Morgan fingerprint density at radius 3 is 2.00 bits per heavy atom. The van der Waals surface area contributed by atoms with Crippen LogP contribution in [0.15, 0.2) is 72.4 Å². The van der Waals surface area contributed by atoms with Crippen LogP contribution in [0.2, 0.25) is 0 Å². The fourth-order valence-corrected chi connectivity index (χ4v) is 3.53. The average molecular weight is 448 g/mol. The molecule has 1 aliphatic rings. The first-order chi connectivity index (χ1) is 16.0. The number of hydrogen-bond acceptors (Lipinski definition) is 6. The lowest BCUT2D eigenvalue weighted by atomic mass is 10.0. The lowest BCUT2D eigenvalue weighted by Gasteiger charge is -2.16. The number of carbonyl (C=O) groups excluding carboxylic acids is 2. The van der Waals surface area contributed by atoms with Crippen molar-refractivity contribution in [2.24, 2.45) is 0 Å². The summed E-state index contributed by atoms with van der Waals surface area (Å²) in [5, 5.41) is 3.05. The van der Waals surface area contributed by atoms with Gasteiger partial charge in [-0.15, -0.1) is 0 Å². The fourth-order valence-electron chi connectivity index (χ4n) is 3.53. The Labute approximate surface area is 190 Å². The smallest absolute Gasteiger partial charge is 0.282 e. The molecule has 0 radical (unpaired) electrons. The molecule has 0 aliphatic carbocycles. The molecule has 0 atom stereocenters. The van der Waals surface area contributed by atoms with Crippen molar-refractivity contribution in [1.29, 1.82) is 0 Å². The summed E-state index contributed by atoms with van der Waals surface area (Å²) in [5.41, 5.74) is 1.41. The van der Waals surface area contributed by atoms with Crippen LogP contribution in [-0.2, 0) is 9.59 Å². The molecule has 3 aromatic carbocycles. The van der Waals surface area contributed by atoms with Gasteiger partial charge in [0.1, 0.15) is 28.8 Å². The molecular weight excluding hydrogens is 427 g/mol. The number of carbonyl (C=O) groups is 2. The van der Waals surface area contributed by atoms with Gasteiger partial charge >= 0.3 is 0 Å². The first-order valence-electron chi connectivity index (χ1n) is 9.99. The molecule has 0 saturated carbocycles. The van der Waals surface area contributed by atoms with Crippen molar-refractivity contribution in [3.8, 4) is 17.2 Å². The van der Waals surface area contributed by atoms with Gasteiger partial charge in [-0.05, 0) is 54.1 Å². The van der Waals surface area contributed by atoms with E-state index in [2.05, 4.69) is 5.32 Å². The van der Waals surface area contributed by atoms with Crippen molar-refractivity contribution in [2.75, 3.05) is 31.5 Å². The van der Waals surface area contributed by atoms with Crippen LogP contribution in [0.5, 0.6) is 17.2 Å². The van der Waals surface area contributed by atoms with E-state index in [1.54, 1.807) is 42.5 Å². The minimum atomic E-state index is -0.553. The van der Waals surface area contributed by atoms with Gasteiger partial charge in [0.15, 0.2) is 0 Å². The second-order valence-corrected chi connectivity index (χ2v) is 7.09. The molecule has 0 unspecified atom stereocenters. The van der Waals surface area contributed by atoms with Crippen molar-refractivity contribution in [3.05, 3.63) is 83.8 Å². The molecule has 1 aliphatic heterocycles. The van der Waals surface area contributed by atoms with Gasteiger partial charge in [0, 0.05) is 6.07 Å². The maximum absolute atomic E-state index is 13.5. The first kappa shape index (κ1) is 21.9. The number of benzene rings is 3. The Hall–Kier alpha value is -4.33. The van der Waals surface area contributed by atoms with Crippen molar-refractivity contribution in [3.63, 3.8) is 0 Å². The molecule has 0 fully saturated rings. The second kappa shape index (κ2) is 9.04. The van der Waals surface area contributed by atoms with Crippen LogP contribution in [0.3, 0.4) is 0 Å². The Morgan fingerprint density at radius 1 is 0.758 bits per heavy atom. The van der Waals surface area contributed by atoms with Gasteiger partial charge in [-0.3, -0.25) is 9.59 Å². The minimum absolute atomic E-state index is 0.0471. The molecule has 0 spiro atoms. The number of methoxy groups -OCH3 is 3. The largest absolute Gasteiger partial charge is 0.497 e. The summed E-state index contributed by atoms with van der Waals surface area (Å²) in [6.45, 7) is 0. The van der Waals surface area contributed by atoms with Crippen molar-refractivity contribution in [2.45, 2.75) is 0 Å². The highest BCUT2D eigenvalue weighted by molar-refractivity contribution is 6.46. The average Bonchev–Trinajstić information content (AvgIpc) is 3.09. The van der Waals surface area contributed by atoms with Gasteiger partial charge in [0.2, 0.25) is 0 Å². The molecule has 2 amide bonds. The van der Waals surface area contributed by atoms with Crippen LogP contribution in [0.1, 0.15) is 5.56 Å². The molecule has 0 saturated heterocycles. The van der Waals surface area contributed by atoms with Crippen LogP contribution in [0.4, 0.5) is 15.8 Å². The Kier molecular flexibility index (Phi) is 5.99. The quantitative estimate of drug-likeness (QED) is 0.545. The van der Waals surface area contributed by atoms with Crippen LogP contribution in [-0.4, -0.2) is 33.1 Å². The van der Waals surface area contributed by atoms with Gasteiger partial charge < -0.3 is 19.5 Å². The van der Waals surface area contributed by atoms with E-state index in [4.69, 9.17) is 14.2 Å². The lowest BCUT2D eigenvalue weighted by Crippen LogP contribution is -2.32. The van der Waals surface area contributed by atoms with Crippen molar-refractivity contribution in [1.82, 2.24) is 0 Å². The fraction of sp³-hybridized carbons (Fsp3) is 0.120. The van der Waals surface area contributed by atoms with E-state index >= 15 is 0 Å². The predicted molar refractivity (Wildman–Crippen MR) is 122 cm³/mol. The highest BCUT2D eigenvalue weighted by atomic mass is 19.1. The molecule has 1 N–H and O–H groups in total. The minimum Gasteiger partial charge on any atom is -0.497 e. The maximum atomic E-state index is 13.5. The zero-order valence-corrected chi connectivity index (χ0v) is 18.2. The van der Waals surface area contributed by atoms with E-state index in [0.29, 0.717) is 34.2 Å². The summed E-state index contributed by atoms with van der Waals surface area (Å²) in [7, 11) is 4.54. The summed E-state index contributed by atoms with van der Waals surface area (Å²) in [4.78, 5) is 28.0. The van der Waals surface area contributed by atoms with E-state index in [-0.39, 0.29) is 11.3 Å². The van der Waals surface area contributed by atoms with E-state index in [1.807, 2.05) is 0 Å². The standard InChI is InChI=1S/C25H21FN2O5/c1-31-18-10-8-17(9-11-18)28-24(29)22(15-4-6-16(26)7-5-15)23(25(28)30)27-20-13-12-19(32-2)14-21(20)33-3/h4-14,27H,1-3H3. The Balaban J connectivity index is 1.81. The third-order valence-electron chi connectivity index (χ3n) is 5.22. The molecular formula is C25H21FN2O5. The number of ether oxygens (including phenoxy) is 3. The van der Waals surface area contributed by atoms with Gasteiger partial charge in [0.25, 0.3) is 11.8 Å². The molecule has 3 aromatic rings. The van der Waals surface area contributed by atoms with E-state index in [1.165, 1.54) is 45.6 Å². The third kappa shape index (κ3) is 4.10. The van der Waals surface area contributed by atoms with Crippen LogP contribution < -0.4 is 24.4 Å². The number of amides is 2. The van der Waals surface area contributed by atoms with E-state index in [0.717, 1.165) is 4.90 Å². The zero-order chi connectivity index (χ0) is 23.5. The predicted octanol–water partition coefficient (Wildman–Crippen LogP) is 4.25. The summed E-state index contributed by atoms with van der Waals surface area (Å²) in [5.74, 6) is 0.0386. The number of imide groups is 1. The van der Waals surface area contributed by atoms with Crippen molar-refractivity contribution >= 4 is 28.8 Å². The normalized spacial score (nSPS) is 13.4. The summed E-state index contributed by atoms with van der Waals surface area (Å²) >= 11 is 0. The zero-order valence-electron chi connectivity index (χ0n) is 18.2. The van der Waals surface area contributed by atoms with Gasteiger partial charge in [-0.25, -0.2) is 9.29 Å². The molecule has 4 rings (SSSR count). The van der Waals surface area contributed by atoms with Gasteiger partial charge in [0.05, 0.1) is 38.3 Å². The molecule has 1 heterocycles. The number of nitrogens with zero attached hydrogens (tertiary/aromatic N) is 1. The second-order valence-electron chi connectivity index (χ2n) is 7.09. The Bertz CT molecular complexity index is 1240. The number of nitrogens with one attached hydrogen (secondary N) is 1. The number of halogens is 1. The van der Waals surface area contributed by atoms with E-state index < -0.39 is 17.6 Å². The maximum Gasteiger partial charge on any atom is 0.282 e. The number of hydrogen-bond donors (Lipinski definition) is 1. The highest BCUT2D eigenvalue weighted by Crippen LogP contribution is 2.37. The summed E-state index contributed by atoms with van der Waals surface area (Å²) < 4.78 is 29.3. The van der Waals surface area contributed by atoms with Gasteiger partial charge in [-0.2, -0.15) is 0 Å². The Morgan fingerprint density at radius 2 is 1.39 bits per heavy atom. The third-order valence-corrected chi connectivity index (χ3v) is 5.22. The lowest BCUT2D eigenvalue weighted by molar-refractivity contribution is -0.120. The molecule has 0 aromatic heterocycles. The first-order valence-corrected chi connectivity index (χ1v) is 9.99. The van der Waals surface area contributed by atoms with Crippen LogP contribution in [0.25, 0.3) is 5.57 Å². The van der Waals surface area contributed by atoms with E-state index in [9.17, 15) is 14.0 Å². The summed E-state index contributed by atoms with van der Waals surface area (Å²) in [6, 6.07) is 17.0.